The number of alkyl halides is 1. The standard InChI is InChI=1S/C30H30FNO4/c31-16-19-17-32(18-19)12-13-35-25-9-6-21(7-10-25)30-29(22-2-1-3-23(33)14-22)28(20-4-5-20)26-15-24(34)8-11-27(26)36-30/h1-3,6-11,14-15,19-20,30,33-34H,4-5,12-13,16-18H2/t30-/m0/s1. The van der Waals surface area contributed by atoms with Gasteiger partial charge in [0.05, 0.1) is 6.67 Å². The minimum atomic E-state index is -0.354. The van der Waals surface area contributed by atoms with E-state index in [2.05, 4.69) is 4.90 Å². The zero-order valence-electron chi connectivity index (χ0n) is 20.1. The van der Waals surface area contributed by atoms with Crippen molar-refractivity contribution >= 4 is 11.1 Å². The molecule has 0 radical (unpaired) electrons. The number of allylic oxidation sites excluding steroid dienone is 1. The van der Waals surface area contributed by atoms with Crippen molar-refractivity contribution in [2.24, 2.45) is 11.8 Å². The smallest absolute Gasteiger partial charge is 0.150 e. The molecule has 6 heteroatoms. The predicted molar refractivity (Wildman–Crippen MR) is 137 cm³/mol. The lowest BCUT2D eigenvalue weighted by Gasteiger charge is -2.37. The summed E-state index contributed by atoms with van der Waals surface area (Å²) in [6.07, 6.45) is 1.83. The van der Waals surface area contributed by atoms with Gasteiger partial charge in [-0.05, 0) is 77.9 Å². The van der Waals surface area contributed by atoms with Crippen molar-refractivity contribution in [3.63, 3.8) is 0 Å². The van der Waals surface area contributed by atoms with Crippen LogP contribution in [0.15, 0.2) is 66.7 Å². The van der Waals surface area contributed by atoms with E-state index >= 15 is 0 Å². The summed E-state index contributed by atoms with van der Waals surface area (Å²) in [5.41, 5.74) is 5.04. The van der Waals surface area contributed by atoms with E-state index in [9.17, 15) is 14.6 Å². The molecule has 3 aliphatic rings. The molecule has 0 aromatic heterocycles. The molecule has 0 amide bonds. The highest BCUT2D eigenvalue weighted by molar-refractivity contribution is 5.98. The van der Waals surface area contributed by atoms with Crippen LogP contribution in [0, 0.1) is 11.8 Å². The number of aromatic hydroxyl groups is 2. The molecule has 3 aromatic rings. The van der Waals surface area contributed by atoms with E-state index in [4.69, 9.17) is 9.47 Å². The Morgan fingerprint density at radius 1 is 0.917 bits per heavy atom. The monoisotopic (exact) mass is 487 g/mol. The third-order valence-corrected chi connectivity index (χ3v) is 7.30. The molecule has 5 nitrogen and oxygen atoms in total. The average Bonchev–Trinajstić information content (AvgIpc) is 3.70. The maximum atomic E-state index is 12.6. The van der Waals surface area contributed by atoms with Crippen LogP contribution in [0.1, 0.15) is 35.6 Å². The van der Waals surface area contributed by atoms with Crippen LogP contribution < -0.4 is 9.47 Å². The lowest BCUT2D eigenvalue weighted by molar-refractivity contribution is 0.0668. The fourth-order valence-electron chi connectivity index (χ4n) is 5.32. The van der Waals surface area contributed by atoms with Crippen molar-refractivity contribution in [3.8, 4) is 23.0 Å². The first-order valence-corrected chi connectivity index (χ1v) is 12.6. The van der Waals surface area contributed by atoms with Crippen molar-refractivity contribution in [1.82, 2.24) is 4.90 Å². The number of fused-ring (bicyclic) bond motifs is 1. The number of nitrogens with zero attached hydrogens (tertiary/aromatic N) is 1. The van der Waals surface area contributed by atoms with Gasteiger partial charge in [-0.15, -0.1) is 0 Å². The first-order valence-electron chi connectivity index (χ1n) is 12.6. The highest BCUT2D eigenvalue weighted by Crippen LogP contribution is 2.55. The Morgan fingerprint density at radius 2 is 1.69 bits per heavy atom. The number of rotatable bonds is 8. The minimum Gasteiger partial charge on any atom is -0.508 e. The molecule has 2 N–H and O–H groups in total. The number of benzene rings is 3. The molecule has 0 spiro atoms. The Labute approximate surface area is 210 Å². The second kappa shape index (κ2) is 9.51. The number of hydrogen-bond acceptors (Lipinski definition) is 5. The van der Waals surface area contributed by atoms with Crippen LogP contribution >= 0.6 is 0 Å². The molecule has 0 unspecified atom stereocenters. The van der Waals surface area contributed by atoms with Crippen molar-refractivity contribution in [2.45, 2.75) is 18.9 Å². The molecular weight excluding hydrogens is 457 g/mol. The summed E-state index contributed by atoms with van der Waals surface area (Å²) < 4.78 is 25.1. The molecule has 0 bridgehead atoms. The van der Waals surface area contributed by atoms with Gasteiger partial charge in [-0.25, -0.2) is 0 Å². The Hall–Kier alpha value is -3.51. The van der Waals surface area contributed by atoms with Gasteiger partial charge >= 0.3 is 0 Å². The van der Waals surface area contributed by atoms with Gasteiger partial charge in [-0.1, -0.05) is 24.3 Å². The van der Waals surface area contributed by atoms with Gasteiger partial charge in [0.2, 0.25) is 0 Å². The Balaban J connectivity index is 1.29. The number of phenols is 2. The van der Waals surface area contributed by atoms with Crippen LogP contribution in [0.2, 0.25) is 0 Å². The summed E-state index contributed by atoms with van der Waals surface area (Å²) in [5.74, 6) is 2.54. The van der Waals surface area contributed by atoms with Crippen LogP contribution in [0.5, 0.6) is 23.0 Å². The topological polar surface area (TPSA) is 62.2 Å². The molecule has 1 aliphatic carbocycles. The molecule has 2 fully saturated rings. The lowest BCUT2D eigenvalue weighted by Crippen LogP contribution is -2.49. The molecular formula is C30H30FNO4. The quantitative estimate of drug-likeness (QED) is 0.419. The van der Waals surface area contributed by atoms with Gasteiger partial charge in [-0.2, -0.15) is 0 Å². The van der Waals surface area contributed by atoms with Crippen LogP contribution in [0.4, 0.5) is 4.39 Å². The normalized spacial score (nSPS) is 20.0. The fourth-order valence-corrected chi connectivity index (χ4v) is 5.32. The molecule has 36 heavy (non-hydrogen) atoms. The summed E-state index contributed by atoms with van der Waals surface area (Å²) in [6, 6.07) is 20.6. The molecule has 1 atom stereocenters. The molecule has 3 aromatic carbocycles. The van der Waals surface area contributed by atoms with Gasteiger partial charge in [-0.3, -0.25) is 9.29 Å². The maximum Gasteiger partial charge on any atom is 0.150 e. The number of ether oxygens (including phenoxy) is 2. The van der Waals surface area contributed by atoms with E-state index in [1.807, 2.05) is 42.5 Å². The van der Waals surface area contributed by atoms with E-state index in [-0.39, 0.29) is 30.2 Å². The average molecular weight is 488 g/mol. The zero-order chi connectivity index (χ0) is 24.6. The highest BCUT2D eigenvalue weighted by Gasteiger charge is 2.38. The number of likely N-dealkylation sites (tertiary alicyclic amines) is 1. The summed E-state index contributed by atoms with van der Waals surface area (Å²) in [7, 11) is 0. The number of halogens is 1. The largest absolute Gasteiger partial charge is 0.508 e. The van der Waals surface area contributed by atoms with E-state index in [0.29, 0.717) is 12.5 Å². The molecule has 6 rings (SSSR count). The lowest BCUT2D eigenvalue weighted by atomic mass is 9.83. The molecule has 1 saturated carbocycles. The molecule has 1 saturated heterocycles. The van der Waals surface area contributed by atoms with Gasteiger partial charge < -0.3 is 19.7 Å². The van der Waals surface area contributed by atoms with E-state index in [1.165, 1.54) is 5.57 Å². The minimum absolute atomic E-state index is 0.184. The molecule has 2 heterocycles. The summed E-state index contributed by atoms with van der Waals surface area (Å²) in [6.45, 7) is 2.74. The van der Waals surface area contributed by atoms with E-state index < -0.39 is 0 Å². The summed E-state index contributed by atoms with van der Waals surface area (Å²) in [4.78, 5) is 2.20. The number of hydrogen-bond donors (Lipinski definition) is 2. The third-order valence-electron chi connectivity index (χ3n) is 7.30. The van der Waals surface area contributed by atoms with Crippen molar-refractivity contribution in [1.29, 1.82) is 0 Å². The summed E-state index contributed by atoms with van der Waals surface area (Å²) in [5, 5.41) is 20.5. The van der Waals surface area contributed by atoms with Gasteiger partial charge in [0.25, 0.3) is 0 Å². The van der Waals surface area contributed by atoms with Crippen LogP contribution in [0.25, 0.3) is 11.1 Å². The highest BCUT2D eigenvalue weighted by atomic mass is 19.1. The molecule has 2 aliphatic heterocycles. The Bertz CT molecular complexity index is 1280. The number of phenolic OH excluding ortho intramolecular Hbond substituents is 2. The second-order valence-corrected chi connectivity index (χ2v) is 10.0. The van der Waals surface area contributed by atoms with Crippen molar-refractivity contribution in [2.75, 3.05) is 32.9 Å². The van der Waals surface area contributed by atoms with Gasteiger partial charge in [0.15, 0.2) is 0 Å². The van der Waals surface area contributed by atoms with Crippen molar-refractivity contribution in [3.05, 3.63) is 83.4 Å². The van der Waals surface area contributed by atoms with Crippen LogP contribution in [0.3, 0.4) is 0 Å². The van der Waals surface area contributed by atoms with E-state index in [0.717, 1.165) is 66.2 Å². The summed E-state index contributed by atoms with van der Waals surface area (Å²) >= 11 is 0. The first-order chi connectivity index (χ1) is 17.6. The molecule has 186 valence electrons. The Kier molecular flexibility index (Phi) is 6.05. The fraction of sp³-hybridized carbons (Fsp3) is 0.333. The zero-order valence-corrected chi connectivity index (χ0v) is 20.1. The van der Waals surface area contributed by atoms with Crippen LogP contribution in [-0.2, 0) is 0 Å². The van der Waals surface area contributed by atoms with E-state index in [1.54, 1.807) is 24.3 Å². The van der Waals surface area contributed by atoms with Crippen molar-refractivity contribution < 1.29 is 24.1 Å². The Morgan fingerprint density at radius 3 is 2.42 bits per heavy atom. The van der Waals surface area contributed by atoms with Gasteiger partial charge in [0.1, 0.15) is 35.7 Å². The van der Waals surface area contributed by atoms with Crippen LogP contribution in [-0.4, -0.2) is 48.0 Å². The van der Waals surface area contributed by atoms with Gasteiger partial charge in [0, 0.05) is 36.7 Å². The second-order valence-electron chi connectivity index (χ2n) is 10.0. The maximum absolute atomic E-state index is 12.6. The first kappa shape index (κ1) is 22.9. The SMILES string of the molecule is Oc1cccc(C2=C(C3CC3)c3cc(O)ccc3O[C@H]2c2ccc(OCCN3CC(CF)C3)cc2)c1. The predicted octanol–water partition coefficient (Wildman–Crippen LogP) is 5.83. The third kappa shape index (κ3) is 4.53.